The molecule has 0 unspecified atom stereocenters. The SMILES string of the molecule is Cc1c(C(=O)Nc2ccc(NC(=O)C(C)C)cc2)cccc1[N+](=O)[O-]. The lowest BCUT2D eigenvalue weighted by Gasteiger charge is -2.10. The first-order chi connectivity index (χ1) is 11.8. The molecule has 2 N–H and O–H groups in total. The molecule has 0 atom stereocenters. The van der Waals surface area contributed by atoms with Crippen molar-refractivity contribution in [2.45, 2.75) is 20.8 Å². The van der Waals surface area contributed by atoms with Crippen molar-refractivity contribution in [2.24, 2.45) is 5.92 Å². The van der Waals surface area contributed by atoms with Gasteiger partial charge in [0.05, 0.1) is 4.92 Å². The molecule has 7 heteroatoms. The third-order valence-corrected chi connectivity index (χ3v) is 3.68. The van der Waals surface area contributed by atoms with Crippen molar-refractivity contribution < 1.29 is 14.5 Å². The van der Waals surface area contributed by atoms with E-state index in [1.54, 1.807) is 38.1 Å². The first-order valence-corrected chi connectivity index (χ1v) is 7.76. The van der Waals surface area contributed by atoms with Crippen LogP contribution < -0.4 is 10.6 Å². The number of benzene rings is 2. The van der Waals surface area contributed by atoms with E-state index in [1.165, 1.54) is 25.1 Å². The van der Waals surface area contributed by atoms with E-state index in [0.717, 1.165) is 0 Å². The highest BCUT2D eigenvalue weighted by Gasteiger charge is 2.18. The molecule has 2 amide bonds. The predicted octanol–water partition coefficient (Wildman–Crippen LogP) is 3.75. The number of hydrogen-bond donors (Lipinski definition) is 2. The second kappa shape index (κ2) is 7.57. The standard InChI is InChI=1S/C18H19N3O4/c1-11(2)17(22)19-13-7-9-14(10-8-13)20-18(23)15-5-4-6-16(12(15)3)21(24)25/h4-11H,1-3H3,(H,19,22)(H,20,23). The van der Waals surface area contributed by atoms with Crippen LogP contribution in [0.25, 0.3) is 0 Å². The summed E-state index contributed by atoms with van der Waals surface area (Å²) in [5.74, 6) is -0.652. The summed E-state index contributed by atoms with van der Waals surface area (Å²) >= 11 is 0. The number of amides is 2. The Morgan fingerprint density at radius 1 is 1.00 bits per heavy atom. The Morgan fingerprint density at radius 2 is 1.56 bits per heavy atom. The van der Waals surface area contributed by atoms with Gasteiger partial charge in [0.2, 0.25) is 5.91 Å². The molecule has 7 nitrogen and oxygen atoms in total. The van der Waals surface area contributed by atoms with E-state index in [-0.39, 0.29) is 23.1 Å². The number of rotatable bonds is 5. The quantitative estimate of drug-likeness (QED) is 0.638. The summed E-state index contributed by atoms with van der Waals surface area (Å²) in [6, 6.07) is 11.0. The van der Waals surface area contributed by atoms with Crippen molar-refractivity contribution >= 4 is 28.9 Å². The molecule has 0 radical (unpaired) electrons. The third kappa shape index (κ3) is 4.41. The molecule has 2 aromatic carbocycles. The van der Waals surface area contributed by atoms with Gasteiger partial charge in [0.15, 0.2) is 0 Å². The Balaban J connectivity index is 2.12. The van der Waals surface area contributed by atoms with Gasteiger partial charge in [0, 0.05) is 34.5 Å². The molecule has 0 heterocycles. The van der Waals surface area contributed by atoms with Crippen LogP contribution in [0.2, 0.25) is 0 Å². The molecule has 0 bridgehead atoms. The zero-order valence-corrected chi connectivity index (χ0v) is 14.2. The Hall–Kier alpha value is -3.22. The smallest absolute Gasteiger partial charge is 0.273 e. The lowest BCUT2D eigenvalue weighted by Crippen LogP contribution is -2.17. The zero-order chi connectivity index (χ0) is 18.6. The number of hydrogen-bond acceptors (Lipinski definition) is 4. The van der Waals surface area contributed by atoms with Gasteiger partial charge in [0.25, 0.3) is 11.6 Å². The van der Waals surface area contributed by atoms with E-state index >= 15 is 0 Å². The van der Waals surface area contributed by atoms with Crippen LogP contribution in [0.5, 0.6) is 0 Å². The average Bonchev–Trinajstić information content (AvgIpc) is 2.56. The van der Waals surface area contributed by atoms with Crippen molar-refractivity contribution in [2.75, 3.05) is 10.6 Å². The fraction of sp³-hybridized carbons (Fsp3) is 0.222. The minimum Gasteiger partial charge on any atom is -0.326 e. The molecule has 0 saturated heterocycles. The lowest BCUT2D eigenvalue weighted by molar-refractivity contribution is -0.385. The first-order valence-electron chi connectivity index (χ1n) is 7.76. The summed E-state index contributed by atoms with van der Waals surface area (Å²) in [5.41, 5.74) is 1.61. The molecule has 2 aromatic rings. The second-order valence-electron chi connectivity index (χ2n) is 5.88. The maximum atomic E-state index is 12.4. The zero-order valence-electron chi connectivity index (χ0n) is 14.2. The van der Waals surface area contributed by atoms with Gasteiger partial charge in [-0.2, -0.15) is 0 Å². The minimum absolute atomic E-state index is 0.0935. The summed E-state index contributed by atoms with van der Waals surface area (Å²) in [4.78, 5) is 34.5. The molecule has 0 saturated carbocycles. The number of nitrogens with one attached hydrogen (secondary N) is 2. The van der Waals surface area contributed by atoms with Crippen LogP contribution in [0.3, 0.4) is 0 Å². The molecule has 0 fully saturated rings. The van der Waals surface area contributed by atoms with Gasteiger partial charge in [-0.3, -0.25) is 19.7 Å². The maximum Gasteiger partial charge on any atom is 0.273 e. The normalized spacial score (nSPS) is 10.4. The van der Waals surface area contributed by atoms with Crippen LogP contribution in [-0.2, 0) is 4.79 Å². The van der Waals surface area contributed by atoms with Crippen molar-refractivity contribution in [3.63, 3.8) is 0 Å². The molecular weight excluding hydrogens is 322 g/mol. The molecule has 0 aliphatic heterocycles. The van der Waals surface area contributed by atoms with E-state index in [0.29, 0.717) is 16.9 Å². The fourth-order valence-corrected chi connectivity index (χ4v) is 2.19. The molecule has 130 valence electrons. The highest BCUT2D eigenvalue weighted by molar-refractivity contribution is 6.06. The van der Waals surface area contributed by atoms with Crippen LogP contribution >= 0.6 is 0 Å². The van der Waals surface area contributed by atoms with Gasteiger partial charge < -0.3 is 10.6 Å². The number of nitro groups is 1. The van der Waals surface area contributed by atoms with E-state index in [1.807, 2.05) is 0 Å². The highest BCUT2D eigenvalue weighted by Crippen LogP contribution is 2.22. The van der Waals surface area contributed by atoms with Crippen molar-refractivity contribution in [3.05, 3.63) is 63.7 Å². The van der Waals surface area contributed by atoms with E-state index < -0.39 is 10.8 Å². The minimum atomic E-state index is -0.516. The van der Waals surface area contributed by atoms with E-state index in [4.69, 9.17) is 0 Å². The van der Waals surface area contributed by atoms with Gasteiger partial charge in [-0.25, -0.2) is 0 Å². The van der Waals surface area contributed by atoms with E-state index in [9.17, 15) is 19.7 Å². The predicted molar refractivity (Wildman–Crippen MR) is 95.7 cm³/mol. The molecule has 25 heavy (non-hydrogen) atoms. The summed E-state index contributed by atoms with van der Waals surface area (Å²) in [5, 5.41) is 16.4. The van der Waals surface area contributed by atoms with Gasteiger partial charge in [-0.1, -0.05) is 19.9 Å². The summed E-state index contributed by atoms with van der Waals surface area (Å²) < 4.78 is 0. The molecular formula is C18H19N3O4. The van der Waals surface area contributed by atoms with Crippen molar-refractivity contribution in [1.29, 1.82) is 0 Å². The van der Waals surface area contributed by atoms with Crippen LogP contribution in [0.4, 0.5) is 17.1 Å². The second-order valence-corrected chi connectivity index (χ2v) is 5.88. The maximum absolute atomic E-state index is 12.4. The third-order valence-electron chi connectivity index (χ3n) is 3.68. The van der Waals surface area contributed by atoms with Gasteiger partial charge in [-0.15, -0.1) is 0 Å². The van der Waals surface area contributed by atoms with Crippen molar-refractivity contribution in [3.8, 4) is 0 Å². The van der Waals surface area contributed by atoms with Gasteiger partial charge in [-0.05, 0) is 37.3 Å². The number of nitrogens with zero attached hydrogens (tertiary/aromatic N) is 1. The molecule has 0 spiro atoms. The largest absolute Gasteiger partial charge is 0.326 e. The number of nitro benzene ring substituents is 1. The van der Waals surface area contributed by atoms with Gasteiger partial charge in [0.1, 0.15) is 0 Å². The lowest BCUT2D eigenvalue weighted by atomic mass is 10.1. The molecule has 0 aromatic heterocycles. The Labute approximate surface area is 145 Å². The number of carbonyl (C=O) groups is 2. The number of carbonyl (C=O) groups excluding carboxylic acids is 2. The van der Waals surface area contributed by atoms with Crippen LogP contribution in [0.1, 0.15) is 29.8 Å². The highest BCUT2D eigenvalue weighted by atomic mass is 16.6. The van der Waals surface area contributed by atoms with Crippen LogP contribution in [0, 0.1) is 23.0 Å². The first kappa shape index (κ1) is 18.1. The van der Waals surface area contributed by atoms with E-state index in [2.05, 4.69) is 10.6 Å². The Bertz CT molecular complexity index is 814. The molecule has 2 rings (SSSR count). The fourth-order valence-electron chi connectivity index (χ4n) is 2.19. The van der Waals surface area contributed by atoms with Gasteiger partial charge >= 0.3 is 0 Å². The van der Waals surface area contributed by atoms with Crippen LogP contribution in [-0.4, -0.2) is 16.7 Å². The topological polar surface area (TPSA) is 101 Å². The molecule has 0 aliphatic carbocycles. The van der Waals surface area contributed by atoms with Crippen molar-refractivity contribution in [1.82, 2.24) is 0 Å². The number of anilines is 2. The molecule has 0 aliphatic rings. The van der Waals surface area contributed by atoms with Crippen LogP contribution in [0.15, 0.2) is 42.5 Å². The summed E-state index contributed by atoms with van der Waals surface area (Å²) in [6.45, 7) is 5.13. The average molecular weight is 341 g/mol. The Kier molecular flexibility index (Phi) is 5.49. The Morgan fingerprint density at radius 3 is 2.08 bits per heavy atom. The summed E-state index contributed by atoms with van der Waals surface area (Å²) in [6.07, 6.45) is 0. The monoisotopic (exact) mass is 341 g/mol. The summed E-state index contributed by atoms with van der Waals surface area (Å²) in [7, 11) is 0.